The van der Waals surface area contributed by atoms with Crippen LogP contribution in [0.3, 0.4) is 0 Å². The van der Waals surface area contributed by atoms with Crippen molar-refractivity contribution in [2.75, 3.05) is 0 Å². The molecule has 0 bridgehead atoms. The molecule has 0 atom stereocenters. The first-order valence-corrected chi connectivity index (χ1v) is 13.9. The molecular weight excluding hydrogens is 542 g/mol. The summed E-state index contributed by atoms with van der Waals surface area (Å²) in [7, 11) is 0. The van der Waals surface area contributed by atoms with Crippen molar-refractivity contribution in [3.05, 3.63) is 132 Å². The highest BCUT2D eigenvalue weighted by Crippen LogP contribution is 2.36. The lowest BCUT2D eigenvalue weighted by Gasteiger charge is -2.14. The van der Waals surface area contributed by atoms with E-state index in [0.29, 0.717) is 28.3 Å². The van der Waals surface area contributed by atoms with Crippen molar-refractivity contribution in [1.82, 2.24) is 19.1 Å². The number of pyridine rings is 2. The van der Waals surface area contributed by atoms with Gasteiger partial charge in [0, 0.05) is 27.7 Å². The molecular formula is C37H19N7. The van der Waals surface area contributed by atoms with Crippen molar-refractivity contribution in [1.29, 1.82) is 15.8 Å². The molecule has 0 aliphatic carbocycles. The first kappa shape index (κ1) is 25.0. The molecule has 0 fully saturated rings. The number of nitriles is 3. The van der Waals surface area contributed by atoms with Gasteiger partial charge in [-0.25, -0.2) is 4.98 Å². The fourth-order valence-corrected chi connectivity index (χ4v) is 6.11. The fraction of sp³-hybridized carbons (Fsp3) is 0. The number of fused-ring (bicyclic) bond motifs is 6. The van der Waals surface area contributed by atoms with E-state index in [1.54, 1.807) is 18.3 Å². The smallest absolute Gasteiger partial charge is 0.140 e. The highest BCUT2D eigenvalue weighted by atomic mass is 15.1. The minimum Gasteiger partial charge on any atom is -0.294 e. The Bertz CT molecular complexity index is 2460. The van der Waals surface area contributed by atoms with Crippen LogP contribution in [-0.4, -0.2) is 19.1 Å². The molecule has 0 saturated carbocycles. The van der Waals surface area contributed by atoms with Gasteiger partial charge >= 0.3 is 0 Å². The summed E-state index contributed by atoms with van der Waals surface area (Å²) in [6.45, 7) is 0. The lowest BCUT2D eigenvalue weighted by molar-refractivity contribution is 1.01. The second kappa shape index (κ2) is 9.67. The molecule has 0 aliphatic rings. The van der Waals surface area contributed by atoms with Crippen molar-refractivity contribution < 1.29 is 0 Å². The minimum absolute atomic E-state index is 0.539. The van der Waals surface area contributed by atoms with Crippen LogP contribution in [0.4, 0.5) is 0 Å². The van der Waals surface area contributed by atoms with Crippen LogP contribution in [0.5, 0.6) is 0 Å². The van der Waals surface area contributed by atoms with E-state index < -0.39 is 0 Å². The van der Waals surface area contributed by atoms with Gasteiger partial charge in [0.2, 0.25) is 0 Å². The van der Waals surface area contributed by atoms with Gasteiger partial charge in [-0.05, 0) is 83.9 Å². The van der Waals surface area contributed by atoms with Gasteiger partial charge in [0.1, 0.15) is 11.6 Å². The van der Waals surface area contributed by atoms with Gasteiger partial charge in [-0.2, -0.15) is 15.8 Å². The summed E-state index contributed by atoms with van der Waals surface area (Å²) in [6.07, 6.45) is 3.66. The monoisotopic (exact) mass is 561 g/mol. The van der Waals surface area contributed by atoms with E-state index >= 15 is 0 Å². The number of rotatable bonds is 3. The van der Waals surface area contributed by atoms with Crippen LogP contribution in [0.25, 0.3) is 66.4 Å². The number of para-hydroxylation sites is 1. The zero-order valence-corrected chi connectivity index (χ0v) is 23.1. The first-order valence-electron chi connectivity index (χ1n) is 13.9. The molecule has 0 radical (unpaired) electrons. The van der Waals surface area contributed by atoms with Gasteiger partial charge in [0.05, 0.1) is 63.2 Å². The lowest BCUT2D eigenvalue weighted by Crippen LogP contribution is -2.04. The zero-order chi connectivity index (χ0) is 29.8. The highest BCUT2D eigenvalue weighted by Gasteiger charge is 2.19. The average Bonchev–Trinajstić information content (AvgIpc) is 3.60. The predicted octanol–water partition coefficient (Wildman–Crippen LogP) is 7.95. The largest absolute Gasteiger partial charge is 0.294 e. The molecule has 0 amide bonds. The first-order chi connectivity index (χ1) is 21.7. The Morgan fingerprint density at radius 3 is 1.66 bits per heavy atom. The predicted molar refractivity (Wildman–Crippen MR) is 170 cm³/mol. The van der Waals surface area contributed by atoms with E-state index in [0.717, 1.165) is 54.7 Å². The molecule has 8 rings (SSSR count). The number of benzene rings is 4. The van der Waals surface area contributed by atoms with Gasteiger partial charge in [-0.3, -0.25) is 14.1 Å². The Kier molecular flexibility index (Phi) is 5.49. The maximum atomic E-state index is 9.66. The van der Waals surface area contributed by atoms with Crippen LogP contribution in [0.1, 0.15) is 16.7 Å². The molecule has 0 N–H and O–H groups in total. The van der Waals surface area contributed by atoms with E-state index in [4.69, 9.17) is 4.98 Å². The second-order valence-electron chi connectivity index (χ2n) is 10.5. The van der Waals surface area contributed by atoms with Gasteiger partial charge in [0.15, 0.2) is 0 Å². The van der Waals surface area contributed by atoms with E-state index in [1.165, 1.54) is 0 Å². The van der Waals surface area contributed by atoms with Crippen LogP contribution in [0.15, 0.2) is 116 Å². The topological polar surface area (TPSA) is 107 Å². The lowest BCUT2D eigenvalue weighted by atomic mass is 10.0. The fourth-order valence-electron chi connectivity index (χ4n) is 6.11. The van der Waals surface area contributed by atoms with Gasteiger partial charge in [-0.1, -0.05) is 30.3 Å². The number of hydrogen-bond acceptors (Lipinski definition) is 5. The van der Waals surface area contributed by atoms with E-state index in [-0.39, 0.29) is 0 Å². The molecule has 4 aromatic heterocycles. The minimum atomic E-state index is 0.539. The summed E-state index contributed by atoms with van der Waals surface area (Å²) in [5, 5.41) is 32.6. The van der Waals surface area contributed by atoms with E-state index in [9.17, 15) is 15.8 Å². The third-order valence-electron chi connectivity index (χ3n) is 8.10. The third kappa shape index (κ3) is 3.73. The molecule has 202 valence electrons. The summed E-state index contributed by atoms with van der Waals surface area (Å²) in [6, 6.07) is 39.7. The van der Waals surface area contributed by atoms with Gasteiger partial charge in [0.25, 0.3) is 0 Å². The Morgan fingerprint density at radius 2 is 1.02 bits per heavy atom. The number of hydrogen-bond donors (Lipinski definition) is 0. The molecule has 0 aliphatic heterocycles. The normalized spacial score (nSPS) is 11.1. The molecule has 7 nitrogen and oxygen atoms in total. The molecule has 8 aromatic rings. The van der Waals surface area contributed by atoms with Crippen molar-refractivity contribution in [3.63, 3.8) is 0 Å². The maximum Gasteiger partial charge on any atom is 0.140 e. The Hall–Kier alpha value is -6.75. The molecule has 0 unspecified atom stereocenters. The quantitative estimate of drug-likeness (QED) is 0.218. The SMILES string of the molecule is N#Cc1ccc(-c2cc(-n3c4ccc(C#N)cc4c4cc(C#N)ccc43)nc(-n3c4ccccc4c4ccncc43)c2)cc1. The molecule has 0 saturated heterocycles. The summed E-state index contributed by atoms with van der Waals surface area (Å²) >= 11 is 0. The summed E-state index contributed by atoms with van der Waals surface area (Å²) in [4.78, 5) is 9.72. The van der Waals surface area contributed by atoms with E-state index in [1.807, 2.05) is 79.0 Å². The van der Waals surface area contributed by atoms with Crippen LogP contribution < -0.4 is 0 Å². The van der Waals surface area contributed by atoms with Crippen molar-refractivity contribution in [3.8, 4) is 41.0 Å². The van der Waals surface area contributed by atoms with Crippen LogP contribution >= 0.6 is 0 Å². The molecule has 4 heterocycles. The summed E-state index contributed by atoms with van der Waals surface area (Å²) < 4.78 is 4.21. The summed E-state index contributed by atoms with van der Waals surface area (Å²) in [5.41, 5.74) is 7.19. The van der Waals surface area contributed by atoms with Crippen molar-refractivity contribution in [2.45, 2.75) is 0 Å². The van der Waals surface area contributed by atoms with Gasteiger partial charge < -0.3 is 0 Å². The Balaban J connectivity index is 1.49. The molecule has 4 aromatic carbocycles. The third-order valence-corrected chi connectivity index (χ3v) is 8.10. The van der Waals surface area contributed by atoms with Gasteiger partial charge in [-0.15, -0.1) is 0 Å². The number of nitrogens with zero attached hydrogens (tertiary/aromatic N) is 7. The molecule has 0 spiro atoms. The van der Waals surface area contributed by atoms with E-state index in [2.05, 4.69) is 50.5 Å². The van der Waals surface area contributed by atoms with Crippen LogP contribution in [0.2, 0.25) is 0 Å². The summed E-state index contributed by atoms with van der Waals surface area (Å²) in [5.74, 6) is 1.38. The molecule has 7 heteroatoms. The zero-order valence-electron chi connectivity index (χ0n) is 23.1. The second-order valence-corrected chi connectivity index (χ2v) is 10.5. The van der Waals surface area contributed by atoms with Crippen LogP contribution in [0, 0.1) is 34.0 Å². The van der Waals surface area contributed by atoms with Crippen molar-refractivity contribution >= 4 is 43.6 Å². The molecule has 44 heavy (non-hydrogen) atoms. The Morgan fingerprint density at radius 1 is 0.477 bits per heavy atom. The number of aromatic nitrogens is 4. The average molecular weight is 562 g/mol. The maximum absolute atomic E-state index is 9.66. The standard InChI is InChI=1S/C37H19N7/c38-19-23-5-9-26(10-6-23)27-17-36(42-37(18-27)44-32-4-2-1-3-28(32)29-13-14-41-22-35(29)44)43-33-11-7-24(20-39)15-30(33)31-16-25(21-40)8-12-34(31)43/h1-18,22H. The van der Waals surface area contributed by atoms with Crippen LogP contribution in [-0.2, 0) is 0 Å². The highest BCUT2D eigenvalue weighted by molar-refractivity contribution is 6.10. The van der Waals surface area contributed by atoms with Crippen molar-refractivity contribution in [2.24, 2.45) is 0 Å². The Labute approximate surface area is 251 Å².